The van der Waals surface area contributed by atoms with Gasteiger partial charge in [-0.05, 0) is 80.7 Å². The molecular formula is C25H33N3O4S. The molecule has 0 aromatic heterocycles. The lowest BCUT2D eigenvalue weighted by molar-refractivity contribution is 0.0924. The van der Waals surface area contributed by atoms with Crippen molar-refractivity contribution < 1.29 is 17.9 Å². The van der Waals surface area contributed by atoms with Crippen LogP contribution in [0.5, 0.6) is 5.75 Å². The number of sulfonamides is 1. The SMILES string of the molecule is COc1ccc(C(CNC(=O)c2ccc(S(=O)(=O)N3CCCC3)cc2)N2CCCCC2)cc1. The number of benzene rings is 2. The maximum Gasteiger partial charge on any atom is 0.251 e. The summed E-state index contributed by atoms with van der Waals surface area (Å²) in [4.78, 5) is 15.5. The van der Waals surface area contributed by atoms with Gasteiger partial charge in [0.15, 0.2) is 0 Å². The van der Waals surface area contributed by atoms with Gasteiger partial charge in [0.2, 0.25) is 10.0 Å². The van der Waals surface area contributed by atoms with Gasteiger partial charge in [-0.3, -0.25) is 9.69 Å². The Hall–Kier alpha value is -2.42. The van der Waals surface area contributed by atoms with Crippen LogP contribution in [-0.2, 0) is 10.0 Å². The van der Waals surface area contributed by atoms with E-state index in [0.717, 1.165) is 50.1 Å². The molecular weight excluding hydrogens is 438 g/mol. The number of carbonyl (C=O) groups excluding carboxylic acids is 1. The summed E-state index contributed by atoms with van der Waals surface area (Å²) in [6.07, 6.45) is 5.35. The summed E-state index contributed by atoms with van der Waals surface area (Å²) in [5, 5.41) is 3.07. The van der Waals surface area contributed by atoms with E-state index in [-0.39, 0.29) is 16.8 Å². The third-order valence-corrected chi connectivity index (χ3v) is 8.52. The number of rotatable bonds is 8. The van der Waals surface area contributed by atoms with Crippen molar-refractivity contribution in [3.63, 3.8) is 0 Å². The quantitative estimate of drug-likeness (QED) is 0.638. The molecule has 2 fully saturated rings. The van der Waals surface area contributed by atoms with Crippen molar-refractivity contribution in [3.8, 4) is 5.75 Å². The lowest BCUT2D eigenvalue weighted by Crippen LogP contribution is -2.40. The Bertz CT molecular complexity index is 1030. The zero-order chi connectivity index (χ0) is 23.3. The second-order valence-electron chi connectivity index (χ2n) is 8.73. The number of methoxy groups -OCH3 is 1. The molecule has 0 spiro atoms. The summed E-state index contributed by atoms with van der Waals surface area (Å²) >= 11 is 0. The number of ether oxygens (including phenoxy) is 1. The average molecular weight is 472 g/mol. The van der Waals surface area contributed by atoms with Crippen LogP contribution in [-0.4, -0.2) is 63.4 Å². The number of nitrogens with one attached hydrogen (secondary N) is 1. The molecule has 0 bridgehead atoms. The van der Waals surface area contributed by atoms with Crippen molar-refractivity contribution in [1.82, 2.24) is 14.5 Å². The fraction of sp³-hybridized carbons (Fsp3) is 0.480. The normalized spacial score (nSPS) is 18.7. The molecule has 178 valence electrons. The summed E-state index contributed by atoms with van der Waals surface area (Å²) < 4.78 is 32.2. The molecule has 0 radical (unpaired) electrons. The van der Waals surface area contributed by atoms with Crippen molar-refractivity contribution in [2.45, 2.75) is 43.0 Å². The number of hydrogen-bond donors (Lipinski definition) is 1. The molecule has 2 aromatic rings. The molecule has 2 aromatic carbocycles. The Labute approximate surface area is 196 Å². The van der Waals surface area contributed by atoms with Crippen LogP contribution in [0.1, 0.15) is 54.1 Å². The highest BCUT2D eigenvalue weighted by molar-refractivity contribution is 7.89. The zero-order valence-electron chi connectivity index (χ0n) is 19.2. The molecule has 0 aliphatic carbocycles. The molecule has 8 heteroatoms. The van der Waals surface area contributed by atoms with E-state index in [9.17, 15) is 13.2 Å². The monoisotopic (exact) mass is 471 g/mol. The topological polar surface area (TPSA) is 78.9 Å². The number of hydrogen-bond acceptors (Lipinski definition) is 5. The lowest BCUT2D eigenvalue weighted by Gasteiger charge is -2.35. The van der Waals surface area contributed by atoms with Gasteiger partial charge >= 0.3 is 0 Å². The molecule has 7 nitrogen and oxygen atoms in total. The first-order chi connectivity index (χ1) is 16.0. The molecule has 1 unspecified atom stereocenters. The van der Waals surface area contributed by atoms with E-state index in [0.29, 0.717) is 25.2 Å². The lowest BCUT2D eigenvalue weighted by atomic mass is 10.0. The van der Waals surface area contributed by atoms with E-state index in [2.05, 4.69) is 22.3 Å². The van der Waals surface area contributed by atoms with Crippen LogP contribution in [0, 0.1) is 0 Å². The van der Waals surface area contributed by atoms with Gasteiger partial charge in [-0.15, -0.1) is 0 Å². The van der Waals surface area contributed by atoms with Gasteiger partial charge in [0.25, 0.3) is 5.91 Å². The van der Waals surface area contributed by atoms with Crippen molar-refractivity contribution in [3.05, 3.63) is 59.7 Å². The van der Waals surface area contributed by atoms with Gasteiger partial charge in [-0.1, -0.05) is 18.6 Å². The maximum absolute atomic E-state index is 12.9. The molecule has 2 aliphatic rings. The molecule has 2 saturated heterocycles. The first-order valence-electron chi connectivity index (χ1n) is 11.8. The summed E-state index contributed by atoms with van der Waals surface area (Å²) in [6, 6.07) is 14.4. The van der Waals surface area contributed by atoms with Crippen molar-refractivity contribution >= 4 is 15.9 Å². The molecule has 1 N–H and O–H groups in total. The highest BCUT2D eigenvalue weighted by atomic mass is 32.2. The van der Waals surface area contributed by atoms with Crippen LogP contribution in [0.2, 0.25) is 0 Å². The van der Waals surface area contributed by atoms with E-state index >= 15 is 0 Å². The van der Waals surface area contributed by atoms with E-state index in [1.54, 1.807) is 19.2 Å². The Balaban J connectivity index is 1.44. The number of piperidine rings is 1. The highest BCUT2D eigenvalue weighted by Crippen LogP contribution is 2.26. The molecule has 1 amide bonds. The fourth-order valence-electron chi connectivity index (χ4n) is 4.66. The van der Waals surface area contributed by atoms with Crippen LogP contribution >= 0.6 is 0 Å². The Morgan fingerprint density at radius 2 is 1.52 bits per heavy atom. The van der Waals surface area contributed by atoms with Gasteiger partial charge in [0.05, 0.1) is 18.0 Å². The average Bonchev–Trinajstić information content (AvgIpc) is 3.41. The predicted molar refractivity (Wildman–Crippen MR) is 128 cm³/mol. The fourth-order valence-corrected chi connectivity index (χ4v) is 6.18. The maximum atomic E-state index is 12.9. The minimum absolute atomic E-state index is 0.0787. The molecule has 2 aliphatic heterocycles. The van der Waals surface area contributed by atoms with E-state index in [4.69, 9.17) is 4.74 Å². The zero-order valence-corrected chi connectivity index (χ0v) is 20.0. The molecule has 2 heterocycles. The van der Waals surface area contributed by atoms with Gasteiger partial charge in [0.1, 0.15) is 5.75 Å². The van der Waals surface area contributed by atoms with Gasteiger partial charge in [-0.2, -0.15) is 4.31 Å². The Morgan fingerprint density at radius 1 is 0.909 bits per heavy atom. The van der Waals surface area contributed by atoms with Gasteiger partial charge in [-0.25, -0.2) is 8.42 Å². The first kappa shape index (κ1) is 23.7. The third kappa shape index (κ3) is 5.57. The van der Waals surface area contributed by atoms with Crippen LogP contribution in [0.15, 0.2) is 53.4 Å². The second-order valence-corrected chi connectivity index (χ2v) is 10.7. The van der Waals surface area contributed by atoms with E-state index < -0.39 is 10.0 Å². The third-order valence-electron chi connectivity index (χ3n) is 6.61. The minimum atomic E-state index is -3.48. The van der Waals surface area contributed by atoms with Crippen molar-refractivity contribution in [2.75, 3.05) is 39.8 Å². The smallest absolute Gasteiger partial charge is 0.251 e. The number of carbonyl (C=O) groups is 1. The van der Waals surface area contributed by atoms with Crippen LogP contribution in [0.25, 0.3) is 0 Å². The summed E-state index contributed by atoms with van der Waals surface area (Å²) in [7, 11) is -1.83. The summed E-state index contributed by atoms with van der Waals surface area (Å²) in [6.45, 7) is 3.63. The Morgan fingerprint density at radius 3 is 2.12 bits per heavy atom. The predicted octanol–water partition coefficient (Wildman–Crippen LogP) is 3.44. The van der Waals surface area contributed by atoms with Gasteiger partial charge < -0.3 is 10.1 Å². The number of nitrogens with zero attached hydrogens (tertiary/aromatic N) is 2. The summed E-state index contributed by atoms with van der Waals surface area (Å²) in [5.41, 5.74) is 1.60. The van der Waals surface area contributed by atoms with E-state index in [1.165, 1.54) is 22.9 Å². The van der Waals surface area contributed by atoms with Gasteiger partial charge in [0, 0.05) is 25.2 Å². The summed E-state index contributed by atoms with van der Waals surface area (Å²) in [5.74, 6) is 0.611. The van der Waals surface area contributed by atoms with Crippen molar-refractivity contribution in [2.24, 2.45) is 0 Å². The molecule has 33 heavy (non-hydrogen) atoms. The second kappa shape index (κ2) is 10.7. The van der Waals surface area contributed by atoms with Crippen LogP contribution < -0.4 is 10.1 Å². The van der Waals surface area contributed by atoms with Crippen molar-refractivity contribution in [1.29, 1.82) is 0 Å². The number of amides is 1. The largest absolute Gasteiger partial charge is 0.497 e. The number of likely N-dealkylation sites (tertiary alicyclic amines) is 1. The Kier molecular flexibility index (Phi) is 7.67. The van der Waals surface area contributed by atoms with Crippen LogP contribution in [0.4, 0.5) is 0 Å². The molecule has 4 rings (SSSR count). The minimum Gasteiger partial charge on any atom is -0.497 e. The van der Waals surface area contributed by atoms with Crippen LogP contribution in [0.3, 0.4) is 0 Å². The highest BCUT2D eigenvalue weighted by Gasteiger charge is 2.27. The standard InChI is InChI=1S/C25H33N3O4S/c1-32-22-11-7-20(8-12-22)24(27-15-3-2-4-16-27)19-26-25(29)21-9-13-23(14-10-21)33(30,31)28-17-5-6-18-28/h7-14,24H,2-6,15-19H2,1H3,(H,26,29). The first-order valence-corrected chi connectivity index (χ1v) is 13.2. The molecule has 1 atom stereocenters. The van der Waals surface area contributed by atoms with E-state index in [1.807, 2.05) is 12.1 Å². The molecule has 0 saturated carbocycles.